The van der Waals surface area contributed by atoms with E-state index in [4.69, 9.17) is 9.47 Å². The zero-order valence-electron chi connectivity index (χ0n) is 22.0. The molecule has 0 unspecified atom stereocenters. The molecule has 37 heavy (non-hydrogen) atoms. The molecule has 1 aliphatic carbocycles. The van der Waals surface area contributed by atoms with Crippen LogP contribution in [0.2, 0.25) is 0 Å². The number of nitrogens with zero attached hydrogens (tertiary/aromatic N) is 2. The smallest absolute Gasteiger partial charge is 0.244 e. The van der Waals surface area contributed by atoms with E-state index in [0.717, 1.165) is 41.8 Å². The minimum atomic E-state index is -3.85. The summed E-state index contributed by atoms with van der Waals surface area (Å²) in [6.07, 6.45) is 5.02. The summed E-state index contributed by atoms with van der Waals surface area (Å²) in [5.41, 5.74) is 1.06. The minimum absolute atomic E-state index is 0.0958. The second-order valence-corrected chi connectivity index (χ2v) is 11.1. The Kier molecular flexibility index (Phi) is 9.79. The number of nitrogens with one attached hydrogen (secondary N) is 1. The van der Waals surface area contributed by atoms with Gasteiger partial charge < -0.3 is 19.7 Å². The number of hydrogen-bond donors (Lipinski definition) is 1. The predicted octanol–water partition coefficient (Wildman–Crippen LogP) is 3.34. The molecule has 0 aromatic heterocycles. The molecule has 0 spiro atoms. The van der Waals surface area contributed by atoms with E-state index in [1.165, 1.54) is 4.90 Å². The van der Waals surface area contributed by atoms with E-state index in [9.17, 15) is 18.0 Å². The van der Waals surface area contributed by atoms with Crippen LogP contribution in [0.4, 0.5) is 5.69 Å². The molecule has 1 saturated carbocycles. The monoisotopic (exact) mass is 531 g/mol. The third kappa shape index (κ3) is 7.61. The summed E-state index contributed by atoms with van der Waals surface area (Å²) in [6.45, 7) is 3.47. The lowest BCUT2D eigenvalue weighted by Gasteiger charge is -2.32. The molecule has 2 amide bonds. The number of rotatable bonds is 12. The Morgan fingerprint density at radius 1 is 1.08 bits per heavy atom. The molecule has 0 saturated heterocycles. The van der Waals surface area contributed by atoms with Crippen molar-refractivity contribution in [3.8, 4) is 11.5 Å². The fourth-order valence-electron chi connectivity index (χ4n) is 4.44. The Balaban J connectivity index is 1.90. The van der Waals surface area contributed by atoms with Gasteiger partial charge in [-0.25, -0.2) is 8.42 Å². The van der Waals surface area contributed by atoms with Gasteiger partial charge >= 0.3 is 0 Å². The lowest BCUT2D eigenvalue weighted by molar-refractivity contribution is -0.139. The van der Waals surface area contributed by atoms with Gasteiger partial charge in [-0.15, -0.1) is 0 Å². The normalized spacial score (nSPS) is 14.6. The first kappa shape index (κ1) is 28.3. The van der Waals surface area contributed by atoms with Gasteiger partial charge in [-0.1, -0.05) is 37.1 Å². The molecule has 0 radical (unpaired) electrons. The van der Waals surface area contributed by atoms with Crippen LogP contribution in [0.1, 0.15) is 45.1 Å². The highest BCUT2D eigenvalue weighted by Gasteiger charge is 2.32. The van der Waals surface area contributed by atoms with E-state index >= 15 is 0 Å². The number of hydrogen-bond acceptors (Lipinski definition) is 6. The largest absolute Gasteiger partial charge is 0.497 e. The Bertz CT molecular complexity index is 1160. The van der Waals surface area contributed by atoms with Gasteiger partial charge in [0.1, 0.15) is 24.1 Å². The standard InChI is InChI=1S/C27H37N3O6S/c1-5-36-25-13-9-8-12-24(25)30(37(4,33)34)19-26(31)29(18-21-14-16-23(35-3)17-15-21)20(2)27(32)28-22-10-6-7-11-22/h8-9,12-17,20,22H,5-7,10-11,18-19H2,1-4H3,(H,28,32)/t20-/m0/s1. The van der Waals surface area contributed by atoms with E-state index in [2.05, 4.69) is 5.32 Å². The molecule has 1 fully saturated rings. The lowest BCUT2D eigenvalue weighted by atomic mass is 10.1. The first-order valence-corrected chi connectivity index (χ1v) is 14.4. The zero-order valence-corrected chi connectivity index (χ0v) is 22.8. The van der Waals surface area contributed by atoms with Crippen molar-refractivity contribution in [2.24, 2.45) is 0 Å². The third-order valence-corrected chi connectivity index (χ3v) is 7.62. The van der Waals surface area contributed by atoms with Crippen molar-refractivity contribution < 1.29 is 27.5 Å². The highest BCUT2D eigenvalue weighted by molar-refractivity contribution is 7.92. The van der Waals surface area contributed by atoms with Crippen LogP contribution in [0.5, 0.6) is 11.5 Å². The summed E-state index contributed by atoms with van der Waals surface area (Å²) >= 11 is 0. The van der Waals surface area contributed by atoms with Crippen molar-refractivity contribution in [1.82, 2.24) is 10.2 Å². The number of benzene rings is 2. The fraction of sp³-hybridized carbons (Fsp3) is 0.481. The quantitative estimate of drug-likeness (QED) is 0.451. The van der Waals surface area contributed by atoms with Gasteiger partial charge in [-0.2, -0.15) is 0 Å². The SMILES string of the molecule is CCOc1ccccc1N(CC(=O)N(Cc1ccc(OC)cc1)[C@@H](C)C(=O)NC1CCCC1)S(C)(=O)=O. The molecule has 0 aliphatic heterocycles. The number of carbonyl (C=O) groups is 2. The summed E-state index contributed by atoms with van der Waals surface area (Å²) in [7, 11) is -2.28. The molecule has 2 aromatic rings. The number of carbonyl (C=O) groups excluding carboxylic acids is 2. The highest BCUT2D eigenvalue weighted by Crippen LogP contribution is 2.30. The second-order valence-electron chi connectivity index (χ2n) is 9.21. The number of anilines is 1. The fourth-order valence-corrected chi connectivity index (χ4v) is 5.29. The Morgan fingerprint density at radius 2 is 1.73 bits per heavy atom. The van der Waals surface area contributed by atoms with Crippen LogP contribution in [0, 0.1) is 0 Å². The molecule has 10 heteroatoms. The summed E-state index contributed by atoms with van der Waals surface area (Å²) in [6, 6.07) is 13.2. The van der Waals surface area contributed by atoms with Gasteiger partial charge in [0.25, 0.3) is 0 Å². The van der Waals surface area contributed by atoms with Crippen LogP contribution < -0.4 is 19.1 Å². The van der Waals surface area contributed by atoms with Gasteiger partial charge in [-0.05, 0) is 56.5 Å². The van der Waals surface area contributed by atoms with Gasteiger partial charge in [0.15, 0.2) is 0 Å². The topological polar surface area (TPSA) is 105 Å². The maximum atomic E-state index is 13.7. The minimum Gasteiger partial charge on any atom is -0.497 e. The van der Waals surface area contributed by atoms with Crippen molar-refractivity contribution >= 4 is 27.5 Å². The molecule has 0 bridgehead atoms. The van der Waals surface area contributed by atoms with Crippen LogP contribution in [0.3, 0.4) is 0 Å². The number of ether oxygens (including phenoxy) is 2. The Labute approximate surface area is 219 Å². The van der Waals surface area contributed by atoms with E-state index in [1.54, 1.807) is 57.4 Å². The van der Waals surface area contributed by atoms with E-state index in [0.29, 0.717) is 18.1 Å². The van der Waals surface area contributed by atoms with Gasteiger partial charge in [-0.3, -0.25) is 13.9 Å². The number of sulfonamides is 1. The average molecular weight is 532 g/mol. The van der Waals surface area contributed by atoms with Crippen molar-refractivity contribution in [3.63, 3.8) is 0 Å². The summed E-state index contributed by atoms with van der Waals surface area (Å²) < 4.78 is 37.5. The van der Waals surface area contributed by atoms with Crippen molar-refractivity contribution in [1.29, 1.82) is 0 Å². The molecule has 2 aromatic carbocycles. The third-order valence-electron chi connectivity index (χ3n) is 6.49. The van der Waals surface area contributed by atoms with Gasteiger partial charge in [0.05, 0.1) is 25.7 Å². The molecule has 9 nitrogen and oxygen atoms in total. The van der Waals surface area contributed by atoms with Crippen LogP contribution in [-0.4, -0.2) is 63.7 Å². The molecule has 202 valence electrons. The maximum Gasteiger partial charge on any atom is 0.244 e. The molecule has 3 rings (SSSR count). The molecule has 0 heterocycles. The highest BCUT2D eigenvalue weighted by atomic mass is 32.2. The van der Waals surface area contributed by atoms with Gasteiger partial charge in [0.2, 0.25) is 21.8 Å². The first-order chi connectivity index (χ1) is 17.6. The summed E-state index contributed by atoms with van der Waals surface area (Å²) in [4.78, 5) is 28.3. The van der Waals surface area contributed by atoms with Crippen LogP contribution in [0.25, 0.3) is 0 Å². The maximum absolute atomic E-state index is 13.7. The first-order valence-electron chi connectivity index (χ1n) is 12.6. The Morgan fingerprint density at radius 3 is 2.32 bits per heavy atom. The van der Waals surface area contributed by atoms with Crippen LogP contribution in [-0.2, 0) is 26.2 Å². The second kappa shape index (κ2) is 12.8. The zero-order chi connectivity index (χ0) is 27.0. The number of amides is 2. The lowest BCUT2D eigenvalue weighted by Crippen LogP contribution is -2.52. The van der Waals surface area contributed by atoms with Crippen molar-refractivity contribution in [2.45, 2.75) is 58.2 Å². The Hall–Kier alpha value is -3.27. The van der Waals surface area contributed by atoms with E-state index in [-0.39, 0.29) is 24.2 Å². The number of para-hydroxylation sites is 2. The van der Waals surface area contributed by atoms with Crippen LogP contribution in [0.15, 0.2) is 48.5 Å². The van der Waals surface area contributed by atoms with Gasteiger partial charge in [0, 0.05) is 12.6 Å². The summed E-state index contributed by atoms with van der Waals surface area (Å²) in [5.74, 6) is 0.275. The van der Waals surface area contributed by atoms with E-state index in [1.807, 2.05) is 12.1 Å². The molecular weight excluding hydrogens is 494 g/mol. The van der Waals surface area contributed by atoms with Crippen molar-refractivity contribution in [3.05, 3.63) is 54.1 Å². The molecule has 1 aliphatic rings. The molecular formula is C27H37N3O6S. The molecule has 1 atom stereocenters. The van der Waals surface area contributed by atoms with Crippen molar-refractivity contribution in [2.75, 3.05) is 30.8 Å². The van der Waals surface area contributed by atoms with E-state index < -0.39 is 28.5 Å². The average Bonchev–Trinajstić information content (AvgIpc) is 3.38. The predicted molar refractivity (Wildman–Crippen MR) is 143 cm³/mol. The molecule has 1 N–H and O–H groups in total. The van der Waals surface area contributed by atoms with Crippen LogP contribution >= 0.6 is 0 Å². The summed E-state index contributed by atoms with van der Waals surface area (Å²) in [5, 5.41) is 3.05. The number of methoxy groups -OCH3 is 1.